The zero-order valence-corrected chi connectivity index (χ0v) is 11.7. The van der Waals surface area contributed by atoms with E-state index in [1.54, 1.807) is 19.2 Å². The van der Waals surface area contributed by atoms with Gasteiger partial charge in [-0.25, -0.2) is 0 Å². The fourth-order valence-electron chi connectivity index (χ4n) is 2.15. The summed E-state index contributed by atoms with van der Waals surface area (Å²) in [7, 11) is 1.71. The van der Waals surface area contributed by atoms with Crippen molar-refractivity contribution in [1.29, 1.82) is 5.26 Å². The summed E-state index contributed by atoms with van der Waals surface area (Å²) in [5.74, 6) is 0. The summed E-state index contributed by atoms with van der Waals surface area (Å²) in [6.07, 6.45) is 0.900. The van der Waals surface area contributed by atoms with Crippen molar-refractivity contribution in [1.82, 2.24) is 5.32 Å². The highest BCUT2D eigenvalue weighted by Crippen LogP contribution is 2.22. The van der Waals surface area contributed by atoms with Crippen molar-refractivity contribution in [3.63, 3.8) is 0 Å². The number of methoxy groups -OCH3 is 1. The van der Waals surface area contributed by atoms with Gasteiger partial charge in [-0.1, -0.05) is 17.7 Å². The molecule has 0 saturated carbocycles. The number of halogens is 1. The molecular formula is C14H17ClN2O2. The highest BCUT2D eigenvalue weighted by molar-refractivity contribution is 6.31. The molecule has 1 aromatic carbocycles. The quantitative estimate of drug-likeness (QED) is 0.897. The molecule has 102 valence electrons. The molecule has 1 fully saturated rings. The Labute approximate surface area is 118 Å². The Bertz CT molecular complexity index is 479. The van der Waals surface area contributed by atoms with Gasteiger partial charge in [-0.2, -0.15) is 5.26 Å². The van der Waals surface area contributed by atoms with Crippen LogP contribution in [-0.2, 0) is 16.0 Å². The van der Waals surface area contributed by atoms with Crippen molar-refractivity contribution in [2.24, 2.45) is 0 Å². The van der Waals surface area contributed by atoms with Crippen LogP contribution in [0.1, 0.15) is 17.5 Å². The fourth-order valence-corrected chi connectivity index (χ4v) is 2.39. The van der Waals surface area contributed by atoms with Crippen LogP contribution in [0.3, 0.4) is 0 Å². The zero-order valence-electron chi connectivity index (χ0n) is 10.9. The molecule has 0 spiro atoms. The van der Waals surface area contributed by atoms with Crippen molar-refractivity contribution < 1.29 is 9.47 Å². The van der Waals surface area contributed by atoms with Crippen molar-refractivity contribution in [3.05, 3.63) is 34.3 Å². The van der Waals surface area contributed by atoms with Crippen LogP contribution >= 0.6 is 11.6 Å². The van der Waals surface area contributed by atoms with Crippen molar-refractivity contribution in [2.45, 2.75) is 18.6 Å². The van der Waals surface area contributed by atoms with E-state index in [2.05, 4.69) is 11.4 Å². The van der Waals surface area contributed by atoms with Crippen LogP contribution in [-0.4, -0.2) is 32.5 Å². The number of ether oxygens (including phenoxy) is 2. The number of nitriles is 1. The first-order valence-corrected chi connectivity index (χ1v) is 6.59. The first-order valence-electron chi connectivity index (χ1n) is 6.21. The highest BCUT2D eigenvalue weighted by Gasteiger charge is 2.34. The topological polar surface area (TPSA) is 54.3 Å². The van der Waals surface area contributed by atoms with Gasteiger partial charge in [0.15, 0.2) is 0 Å². The first-order chi connectivity index (χ1) is 9.19. The predicted octanol–water partition coefficient (Wildman–Crippen LogP) is 2.11. The van der Waals surface area contributed by atoms with E-state index in [9.17, 15) is 0 Å². The standard InChI is InChI=1S/C14H17ClN2O2/c1-18-14(4-5-19-10-14)9-17-8-12-3-2-11(7-16)6-13(12)15/h2-3,6,17H,4-5,8-10H2,1H3. The van der Waals surface area contributed by atoms with Crippen LogP contribution in [0.5, 0.6) is 0 Å². The van der Waals surface area contributed by atoms with Crippen LogP contribution < -0.4 is 5.32 Å². The summed E-state index contributed by atoms with van der Waals surface area (Å²) >= 11 is 6.13. The second kappa shape index (κ2) is 6.36. The van der Waals surface area contributed by atoms with E-state index in [0.29, 0.717) is 23.7 Å². The van der Waals surface area contributed by atoms with Crippen LogP contribution in [0.4, 0.5) is 0 Å². The number of benzene rings is 1. The lowest BCUT2D eigenvalue weighted by Gasteiger charge is -2.26. The van der Waals surface area contributed by atoms with Gasteiger partial charge < -0.3 is 14.8 Å². The number of nitrogens with one attached hydrogen (secondary N) is 1. The smallest absolute Gasteiger partial charge is 0.106 e. The van der Waals surface area contributed by atoms with E-state index in [-0.39, 0.29) is 5.60 Å². The summed E-state index contributed by atoms with van der Waals surface area (Å²) in [4.78, 5) is 0. The largest absolute Gasteiger partial charge is 0.378 e. The molecule has 1 N–H and O–H groups in total. The number of hydrogen-bond acceptors (Lipinski definition) is 4. The molecule has 1 unspecified atom stereocenters. The molecule has 0 aromatic heterocycles. The fraction of sp³-hybridized carbons (Fsp3) is 0.500. The Morgan fingerprint density at radius 2 is 2.42 bits per heavy atom. The van der Waals surface area contributed by atoms with E-state index in [1.807, 2.05) is 6.07 Å². The third kappa shape index (κ3) is 3.46. The first kappa shape index (κ1) is 14.3. The van der Waals surface area contributed by atoms with Gasteiger partial charge in [0.05, 0.1) is 18.2 Å². The summed E-state index contributed by atoms with van der Waals surface area (Å²) in [6.45, 7) is 2.74. The predicted molar refractivity (Wildman–Crippen MR) is 73.0 cm³/mol. The van der Waals surface area contributed by atoms with E-state index < -0.39 is 0 Å². The summed E-state index contributed by atoms with van der Waals surface area (Å²) in [6, 6.07) is 7.40. The molecule has 0 radical (unpaired) electrons. The van der Waals surface area contributed by atoms with Gasteiger partial charge >= 0.3 is 0 Å². The zero-order chi connectivity index (χ0) is 13.7. The summed E-state index contributed by atoms with van der Waals surface area (Å²) in [5, 5.41) is 12.7. The molecule has 4 nitrogen and oxygen atoms in total. The van der Waals surface area contributed by atoms with E-state index >= 15 is 0 Å². The van der Waals surface area contributed by atoms with E-state index in [0.717, 1.165) is 25.1 Å². The molecule has 0 amide bonds. The van der Waals surface area contributed by atoms with Gasteiger partial charge in [0.1, 0.15) is 5.60 Å². The van der Waals surface area contributed by atoms with Crippen molar-refractivity contribution >= 4 is 11.6 Å². The summed E-state index contributed by atoms with van der Waals surface area (Å²) in [5.41, 5.74) is 1.33. The van der Waals surface area contributed by atoms with Crippen molar-refractivity contribution in [2.75, 3.05) is 26.9 Å². The molecule has 1 aliphatic rings. The maximum Gasteiger partial charge on any atom is 0.106 e. The molecule has 1 saturated heterocycles. The normalized spacial score (nSPS) is 22.4. The molecular weight excluding hydrogens is 264 g/mol. The molecule has 2 rings (SSSR count). The summed E-state index contributed by atoms with van der Waals surface area (Å²) < 4.78 is 10.9. The van der Waals surface area contributed by atoms with Gasteiger partial charge in [-0.15, -0.1) is 0 Å². The SMILES string of the molecule is COC1(CNCc2ccc(C#N)cc2Cl)CCOC1. The lowest BCUT2D eigenvalue weighted by atomic mass is 10.0. The number of rotatable bonds is 5. The lowest BCUT2D eigenvalue weighted by molar-refractivity contribution is -0.0159. The molecule has 1 aliphatic heterocycles. The lowest BCUT2D eigenvalue weighted by Crippen LogP contribution is -2.42. The van der Waals surface area contributed by atoms with Gasteiger partial charge in [0.2, 0.25) is 0 Å². The van der Waals surface area contributed by atoms with Crippen LogP contribution in [0.15, 0.2) is 18.2 Å². The van der Waals surface area contributed by atoms with Gasteiger partial charge in [-0.05, 0) is 17.7 Å². The maximum absolute atomic E-state index is 8.78. The van der Waals surface area contributed by atoms with Crippen LogP contribution in [0.25, 0.3) is 0 Å². The second-order valence-corrected chi connectivity index (χ2v) is 5.12. The van der Waals surface area contributed by atoms with Gasteiger partial charge in [0.25, 0.3) is 0 Å². The minimum atomic E-state index is -0.223. The Balaban J connectivity index is 1.91. The highest BCUT2D eigenvalue weighted by atomic mass is 35.5. The van der Waals surface area contributed by atoms with E-state index in [4.69, 9.17) is 26.3 Å². The van der Waals surface area contributed by atoms with Crippen LogP contribution in [0, 0.1) is 11.3 Å². The Morgan fingerprint density at radius 1 is 1.58 bits per heavy atom. The second-order valence-electron chi connectivity index (χ2n) is 4.71. The molecule has 5 heteroatoms. The molecule has 1 aromatic rings. The number of nitrogens with zero attached hydrogens (tertiary/aromatic N) is 1. The average molecular weight is 281 g/mol. The maximum atomic E-state index is 8.78. The van der Waals surface area contributed by atoms with Crippen LogP contribution in [0.2, 0.25) is 5.02 Å². The van der Waals surface area contributed by atoms with E-state index in [1.165, 1.54) is 0 Å². The molecule has 0 aliphatic carbocycles. The molecule has 1 heterocycles. The molecule has 0 bridgehead atoms. The Hall–Kier alpha value is -1.12. The third-order valence-corrected chi connectivity index (χ3v) is 3.80. The van der Waals surface area contributed by atoms with Gasteiger partial charge in [-0.3, -0.25) is 0 Å². The molecule has 1 atom stereocenters. The number of hydrogen-bond donors (Lipinski definition) is 1. The minimum Gasteiger partial charge on any atom is -0.378 e. The Kier molecular flexibility index (Phi) is 4.78. The minimum absolute atomic E-state index is 0.223. The Morgan fingerprint density at radius 3 is 3.00 bits per heavy atom. The van der Waals surface area contributed by atoms with Crippen molar-refractivity contribution in [3.8, 4) is 6.07 Å². The van der Waals surface area contributed by atoms with Gasteiger partial charge in [0, 0.05) is 38.2 Å². The molecule has 19 heavy (non-hydrogen) atoms. The average Bonchev–Trinajstić information content (AvgIpc) is 2.90. The monoisotopic (exact) mass is 280 g/mol. The third-order valence-electron chi connectivity index (χ3n) is 3.44.